The van der Waals surface area contributed by atoms with E-state index in [1.54, 1.807) is 0 Å². The fraction of sp³-hybridized carbons (Fsp3) is 0.0526. The Kier molecular flexibility index (Phi) is 3.89. The maximum Gasteiger partial charge on any atom is 0.222 e. The second-order valence-electron chi connectivity index (χ2n) is 5.71. The van der Waals surface area contributed by atoms with E-state index in [1.165, 1.54) is 0 Å². The minimum Gasteiger partial charge on any atom is -0.461 e. The molecule has 0 atom stereocenters. The molecule has 6 heteroatoms. The summed E-state index contributed by atoms with van der Waals surface area (Å²) in [7, 11) is 0. The number of anilines is 3. The van der Waals surface area contributed by atoms with Crippen LogP contribution in [0.3, 0.4) is 0 Å². The molecular formula is C19H15BrN4O. The largest absolute Gasteiger partial charge is 0.461 e. The highest BCUT2D eigenvalue weighted by atomic mass is 79.9. The molecule has 2 heterocycles. The van der Waals surface area contributed by atoms with Crippen LogP contribution in [0.15, 0.2) is 63.5 Å². The SMILES string of the molecule is Cc1ccc(-c2ccc3nc(N)nc(Nc4cccc(Br)c4)c3c2)o1. The van der Waals surface area contributed by atoms with E-state index >= 15 is 0 Å². The molecule has 4 rings (SSSR count). The van der Waals surface area contributed by atoms with Gasteiger partial charge in [0.15, 0.2) is 0 Å². The third-order valence-corrected chi connectivity index (χ3v) is 4.32. The van der Waals surface area contributed by atoms with E-state index in [1.807, 2.05) is 61.5 Å². The third kappa shape index (κ3) is 3.21. The molecular weight excluding hydrogens is 380 g/mol. The van der Waals surface area contributed by atoms with Crippen molar-refractivity contribution >= 4 is 44.3 Å². The van der Waals surface area contributed by atoms with Gasteiger partial charge in [0.2, 0.25) is 5.95 Å². The number of halogens is 1. The molecule has 25 heavy (non-hydrogen) atoms. The van der Waals surface area contributed by atoms with Crippen LogP contribution in [0.4, 0.5) is 17.5 Å². The Morgan fingerprint density at radius 2 is 1.92 bits per heavy atom. The molecule has 3 N–H and O–H groups in total. The molecule has 0 aliphatic carbocycles. The number of nitrogens with zero attached hydrogens (tertiary/aromatic N) is 2. The van der Waals surface area contributed by atoms with Crippen LogP contribution in [0.2, 0.25) is 0 Å². The Morgan fingerprint density at radius 3 is 2.68 bits per heavy atom. The molecule has 5 nitrogen and oxygen atoms in total. The maximum absolute atomic E-state index is 5.87. The highest BCUT2D eigenvalue weighted by molar-refractivity contribution is 9.10. The van der Waals surface area contributed by atoms with Crippen LogP contribution in [0, 0.1) is 6.92 Å². The minimum absolute atomic E-state index is 0.228. The van der Waals surface area contributed by atoms with Crippen LogP contribution in [0.5, 0.6) is 0 Å². The van der Waals surface area contributed by atoms with Crippen molar-refractivity contribution in [3.05, 3.63) is 64.8 Å². The summed E-state index contributed by atoms with van der Waals surface area (Å²) >= 11 is 3.47. The summed E-state index contributed by atoms with van der Waals surface area (Å²) in [6, 6.07) is 17.7. The molecule has 0 bridgehead atoms. The van der Waals surface area contributed by atoms with Gasteiger partial charge >= 0.3 is 0 Å². The first-order valence-corrected chi connectivity index (χ1v) is 8.54. The number of nitrogens with two attached hydrogens (primary N) is 1. The van der Waals surface area contributed by atoms with Crippen LogP contribution in [0.25, 0.3) is 22.2 Å². The molecule has 0 unspecified atom stereocenters. The molecule has 2 aromatic heterocycles. The summed E-state index contributed by atoms with van der Waals surface area (Å²) in [5.74, 6) is 2.57. The van der Waals surface area contributed by atoms with E-state index in [-0.39, 0.29) is 5.95 Å². The number of fused-ring (bicyclic) bond motifs is 1. The summed E-state index contributed by atoms with van der Waals surface area (Å²) < 4.78 is 6.71. The second-order valence-corrected chi connectivity index (χ2v) is 6.62. The molecule has 0 aliphatic heterocycles. The topological polar surface area (TPSA) is 77.0 Å². The van der Waals surface area contributed by atoms with Crippen LogP contribution >= 0.6 is 15.9 Å². The Hall–Kier alpha value is -2.86. The molecule has 0 saturated carbocycles. The van der Waals surface area contributed by atoms with E-state index in [4.69, 9.17) is 10.2 Å². The number of benzene rings is 2. The number of nitrogens with one attached hydrogen (secondary N) is 1. The lowest BCUT2D eigenvalue weighted by atomic mass is 10.1. The van der Waals surface area contributed by atoms with Gasteiger partial charge in [-0.25, -0.2) is 4.98 Å². The summed E-state index contributed by atoms with van der Waals surface area (Å²) in [6.45, 7) is 1.93. The lowest BCUT2D eigenvalue weighted by Crippen LogP contribution is -2.01. The summed E-state index contributed by atoms with van der Waals surface area (Å²) in [6.07, 6.45) is 0. The maximum atomic E-state index is 5.87. The van der Waals surface area contributed by atoms with Gasteiger partial charge in [-0.3, -0.25) is 0 Å². The van der Waals surface area contributed by atoms with E-state index < -0.39 is 0 Å². The number of hydrogen-bond donors (Lipinski definition) is 2. The molecule has 124 valence electrons. The minimum atomic E-state index is 0.228. The average molecular weight is 395 g/mol. The monoisotopic (exact) mass is 394 g/mol. The Bertz CT molecular complexity index is 1070. The predicted octanol–water partition coefficient (Wildman–Crippen LogP) is 5.29. The quantitative estimate of drug-likeness (QED) is 0.493. The van der Waals surface area contributed by atoms with Gasteiger partial charge in [-0.15, -0.1) is 0 Å². The van der Waals surface area contributed by atoms with Crippen molar-refractivity contribution in [2.45, 2.75) is 6.92 Å². The van der Waals surface area contributed by atoms with Crippen LogP contribution in [-0.4, -0.2) is 9.97 Å². The number of aromatic nitrogens is 2. The second kappa shape index (κ2) is 6.22. The number of hydrogen-bond acceptors (Lipinski definition) is 5. The first kappa shape index (κ1) is 15.7. The molecule has 0 radical (unpaired) electrons. The van der Waals surface area contributed by atoms with Crippen molar-refractivity contribution in [1.82, 2.24) is 9.97 Å². The highest BCUT2D eigenvalue weighted by Gasteiger charge is 2.10. The molecule has 0 saturated heterocycles. The zero-order chi connectivity index (χ0) is 17.4. The summed E-state index contributed by atoms with van der Waals surface area (Å²) in [5.41, 5.74) is 8.52. The van der Waals surface area contributed by atoms with Crippen molar-refractivity contribution < 1.29 is 4.42 Å². The normalized spacial score (nSPS) is 11.0. The number of aryl methyl sites for hydroxylation is 1. The standard InChI is InChI=1S/C19H15BrN4O/c1-11-5-8-17(25-11)12-6-7-16-15(9-12)18(24-19(21)23-16)22-14-4-2-3-13(20)10-14/h2-10H,1H3,(H3,21,22,23,24). The zero-order valence-electron chi connectivity index (χ0n) is 13.5. The zero-order valence-corrected chi connectivity index (χ0v) is 15.0. The molecule has 4 aromatic rings. The Morgan fingerprint density at radius 1 is 1.04 bits per heavy atom. The van der Waals surface area contributed by atoms with Gasteiger partial charge in [-0.2, -0.15) is 4.98 Å². The van der Waals surface area contributed by atoms with Crippen molar-refractivity contribution in [2.24, 2.45) is 0 Å². The van der Waals surface area contributed by atoms with E-state index in [0.29, 0.717) is 5.82 Å². The molecule has 0 aliphatic rings. The third-order valence-electron chi connectivity index (χ3n) is 3.83. The summed E-state index contributed by atoms with van der Waals surface area (Å²) in [5, 5.41) is 4.20. The Labute approximate surface area is 153 Å². The molecule has 2 aromatic carbocycles. The summed E-state index contributed by atoms with van der Waals surface area (Å²) in [4.78, 5) is 8.70. The van der Waals surface area contributed by atoms with Gasteiger partial charge in [0.05, 0.1) is 5.52 Å². The van der Waals surface area contributed by atoms with E-state index in [0.717, 1.165) is 38.1 Å². The van der Waals surface area contributed by atoms with Crippen molar-refractivity contribution in [1.29, 1.82) is 0 Å². The van der Waals surface area contributed by atoms with Gasteiger partial charge in [-0.05, 0) is 55.5 Å². The van der Waals surface area contributed by atoms with Gasteiger partial charge < -0.3 is 15.5 Å². The fourth-order valence-corrected chi connectivity index (χ4v) is 3.09. The predicted molar refractivity (Wildman–Crippen MR) is 104 cm³/mol. The van der Waals surface area contributed by atoms with Crippen LogP contribution in [-0.2, 0) is 0 Å². The Balaban J connectivity index is 1.84. The van der Waals surface area contributed by atoms with Crippen molar-refractivity contribution in [3.63, 3.8) is 0 Å². The van der Waals surface area contributed by atoms with Gasteiger partial charge in [0, 0.05) is 21.1 Å². The highest BCUT2D eigenvalue weighted by Crippen LogP contribution is 2.30. The lowest BCUT2D eigenvalue weighted by molar-refractivity contribution is 0.548. The number of furan rings is 1. The van der Waals surface area contributed by atoms with Crippen molar-refractivity contribution in [3.8, 4) is 11.3 Å². The number of rotatable bonds is 3. The molecule has 0 amide bonds. The lowest BCUT2D eigenvalue weighted by Gasteiger charge is -2.10. The average Bonchev–Trinajstić information content (AvgIpc) is 3.01. The van der Waals surface area contributed by atoms with E-state index in [2.05, 4.69) is 31.2 Å². The van der Waals surface area contributed by atoms with Crippen LogP contribution in [0.1, 0.15) is 5.76 Å². The van der Waals surface area contributed by atoms with Crippen LogP contribution < -0.4 is 11.1 Å². The van der Waals surface area contributed by atoms with Gasteiger partial charge in [0.25, 0.3) is 0 Å². The van der Waals surface area contributed by atoms with E-state index in [9.17, 15) is 0 Å². The van der Waals surface area contributed by atoms with Crippen molar-refractivity contribution in [2.75, 3.05) is 11.1 Å². The van der Waals surface area contributed by atoms with Gasteiger partial charge in [-0.1, -0.05) is 22.0 Å². The first-order chi connectivity index (χ1) is 12.1. The fourth-order valence-electron chi connectivity index (χ4n) is 2.69. The number of nitrogen functional groups attached to an aromatic ring is 1. The smallest absolute Gasteiger partial charge is 0.222 e. The molecule has 0 fully saturated rings. The molecule has 0 spiro atoms. The van der Waals surface area contributed by atoms with Gasteiger partial charge in [0.1, 0.15) is 17.3 Å². The first-order valence-electron chi connectivity index (χ1n) is 7.75.